The summed E-state index contributed by atoms with van der Waals surface area (Å²) in [5.41, 5.74) is 1.60. The Morgan fingerprint density at radius 2 is 2.25 bits per heavy atom. The number of aromatic amines is 1. The van der Waals surface area contributed by atoms with Gasteiger partial charge in [-0.05, 0) is 56.6 Å². The first-order chi connectivity index (χ1) is 11.5. The van der Waals surface area contributed by atoms with Crippen LogP contribution in [0.2, 0.25) is 0 Å². The highest BCUT2D eigenvalue weighted by Gasteiger charge is 2.52. The second-order valence-corrected chi connectivity index (χ2v) is 7.33. The summed E-state index contributed by atoms with van der Waals surface area (Å²) in [6, 6.07) is 1.61. The lowest BCUT2D eigenvalue weighted by Gasteiger charge is -2.42. The molecular weight excluding hydrogens is 308 g/mol. The molecule has 2 aliphatic carbocycles. The summed E-state index contributed by atoms with van der Waals surface area (Å²) in [5, 5.41) is 10.1. The zero-order valence-electron chi connectivity index (χ0n) is 14.0. The van der Waals surface area contributed by atoms with Crippen LogP contribution in [0.4, 0.5) is 0 Å². The number of methoxy groups -OCH3 is 1. The largest absolute Gasteiger partial charge is 0.393 e. The molecule has 0 spiro atoms. The molecule has 3 aliphatic rings. The molecule has 24 heavy (non-hydrogen) atoms. The number of nitrogens with zero attached hydrogens (tertiary/aromatic N) is 1. The molecule has 0 unspecified atom stereocenters. The smallest absolute Gasteiger partial charge is 0.261 e. The number of carbonyl (C=O) groups excluding carboxylic acids is 1. The topological polar surface area (TPSA) is 82.6 Å². The number of aliphatic hydroxyl groups excluding tert-OH is 1. The number of fused-ring (bicyclic) bond motifs is 2. The van der Waals surface area contributed by atoms with Gasteiger partial charge in [0.2, 0.25) is 0 Å². The van der Waals surface area contributed by atoms with Crippen molar-refractivity contribution in [1.82, 2.24) is 9.88 Å². The van der Waals surface area contributed by atoms with Crippen LogP contribution in [0.15, 0.2) is 10.9 Å². The van der Waals surface area contributed by atoms with E-state index in [2.05, 4.69) is 4.98 Å². The van der Waals surface area contributed by atoms with Crippen LogP contribution in [0.1, 0.15) is 53.7 Å². The summed E-state index contributed by atoms with van der Waals surface area (Å²) in [4.78, 5) is 30.1. The monoisotopic (exact) mass is 332 g/mol. The average molecular weight is 332 g/mol. The molecule has 6 heteroatoms. The minimum atomic E-state index is -0.412. The van der Waals surface area contributed by atoms with Crippen molar-refractivity contribution < 1.29 is 14.6 Å². The standard InChI is InChI=1S/C18H24N2O4/c1-24-18-6-5-12(21)10-15(18)20(8-7-18)17(23)13-9-11-3-2-4-14(11)19-16(13)22/h9,12,15,21H,2-8,10H2,1H3,(H,19,22)/t12-,15+,18-/m0/s1. The van der Waals surface area contributed by atoms with Crippen molar-refractivity contribution >= 4 is 5.91 Å². The zero-order valence-corrected chi connectivity index (χ0v) is 14.0. The molecular formula is C18H24N2O4. The third kappa shape index (κ3) is 2.31. The van der Waals surface area contributed by atoms with Gasteiger partial charge in [-0.1, -0.05) is 0 Å². The maximum Gasteiger partial charge on any atom is 0.261 e. The summed E-state index contributed by atoms with van der Waals surface area (Å²) in [5.74, 6) is -0.232. The number of carbonyl (C=O) groups is 1. The summed E-state index contributed by atoms with van der Waals surface area (Å²) in [6.07, 6.45) is 5.13. The normalized spacial score (nSPS) is 31.8. The molecule has 0 bridgehead atoms. The van der Waals surface area contributed by atoms with Crippen molar-refractivity contribution in [3.63, 3.8) is 0 Å². The number of hydrogen-bond donors (Lipinski definition) is 2. The van der Waals surface area contributed by atoms with E-state index in [0.29, 0.717) is 19.4 Å². The number of aromatic nitrogens is 1. The van der Waals surface area contributed by atoms with Crippen molar-refractivity contribution in [3.05, 3.63) is 33.2 Å². The van der Waals surface area contributed by atoms with Gasteiger partial charge >= 0.3 is 0 Å². The minimum Gasteiger partial charge on any atom is -0.393 e. The van der Waals surface area contributed by atoms with Crippen LogP contribution in [-0.2, 0) is 17.6 Å². The van der Waals surface area contributed by atoms with Crippen LogP contribution >= 0.6 is 0 Å². The van der Waals surface area contributed by atoms with E-state index in [9.17, 15) is 14.7 Å². The lowest BCUT2D eigenvalue weighted by molar-refractivity contribution is -0.0824. The molecule has 3 atom stereocenters. The summed E-state index contributed by atoms with van der Waals surface area (Å²) < 4.78 is 5.78. The number of ether oxygens (including phenoxy) is 1. The number of hydrogen-bond acceptors (Lipinski definition) is 4. The number of aliphatic hydroxyl groups is 1. The molecule has 4 rings (SSSR count). The van der Waals surface area contributed by atoms with Gasteiger partial charge in [0, 0.05) is 19.3 Å². The third-order valence-electron chi connectivity index (χ3n) is 6.14. The SMILES string of the molecule is CO[C@]12CC[C@H](O)C[C@H]1N(C(=O)c1cc3c([nH]c1=O)CCC3)CC2. The van der Waals surface area contributed by atoms with Crippen molar-refractivity contribution in [2.45, 2.75) is 62.7 Å². The second-order valence-electron chi connectivity index (χ2n) is 7.33. The molecule has 6 nitrogen and oxygen atoms in total. The average Bonchev–Trinajstić information content (AvgIpc) is 3.17. The number of H-pyrrole nitrogens is 1. The van der Waals surface area contributed by atoms with Crippen LogP contribution in [0, 0.1) is 0 Å². The van der Waals surface area contributed by atoms with E-state index in [1.807, 2.05) is 0 Å². The molecule has 2 fully saturated rings. The Morgan fingerprint density at radius 1 is 1.42 bits per heavy atom. The van der Waals surface area contributed by atoms with Gasteiger partial charge in [0.15, 0.2) is 0 Å². The Hall–Kier alpha value is -1.66. The van der Waals surface area contributed by atoms with Gasteiger partial charge in [0.25, 0.3) is 11.5 Å². The van der Waals surface area contributed by atoms with Gasteiger partial charge in [-0.3, -0.25) is 9.59 Å². The first-order valence-corrected chi connectivity index (χ1v) is 8.83. The fraction of sp³-hybridized carbons (Fsp3) is 0.667. The molecule has 0 radical (unpaired) electrons. The molecule has 130 valence electrons. The Labute approximate surface area is 140 Å². The van der Waals surface area contributed by atoms with E-state index in [1.54, 1.807) is 18.1 Å². The maximum absolute atomic E-state index is 13.1. The highest BCUT2D eigenvalue weighted by atomic mass is 16.5. The van der Waals surface area contributed by atoms with Crippen molar-refractivity contribution in [2.75, 3.05) is 13.7 Å². The molecule has 1 aliphatic heterocycles. The zero-order chi connectivity index (χ0) is 16.9. The molecule has 1 amide bonds. The van der Waals surface area contributed by atoms with Crippen LogP contribution in [0.3, 0.4) is 0 Å². The highest BCUT2D eigenvalue weighted by Crippen LogP contribution is 2.42. The van der Waals surface area contributed by atoms with Crippen LogP contribution < -0.4 is 5.56 Å². The molecule has 1 saturated heterocycles. The maximum atomic E-state index is 13.1. The molecule has 2 N–H and O–H groups in total. The number of pyridine rings is 1. The number of amides is 1. The van der Waals surface area contributed by atoms with Gasteiger partial charge in [0.1, 0.15) is 5.56 Å². The van der Waals surface area contributed by atoms with Crippen LogP contribution in [-0.4, -0.2) is 52.3 Å². The Morgan fingerprint density at radius 3 is 3.04 bits per heavy atom. The van der Waals surface area contributed by atoms with E-state index in [4.69, 9.17) is 4.74 Å². The van der Waals surface area contributed by atoms with Crippen LogP contribution in [0.25, 0.3) is 0 Å². The summed E-state index contributed by atoms with van der Waals surface area (Å²) in [6.45, 7) is 0.570. The lowest BCUT2D eigenvalue weighted by Crippen LogP contribution is -2.53. The second kappa shape index (κ2) is 5.70. The van der Waals surface area contributed by atoms with Crippen molar-refractivity contribution in [2.24, 2.45) is 0 Å². The van der Waals surface area contributed by atoms with Crippen LogP contribution in [0.5, 0.6) is 0 Å². The quantitative estimate of drug-likeness (QED) is 0.847. The van der Waals surface area contributed by atoms with Gasteiger partial charge in [-0.15, -0.1) is 0 Å². The van der Waals surface area contributed by atoms with E-state index >= 15 is 0 Å². The fourth-order valence-corrected chi connectivity index (χ4v) is 4.75. The molecule has 1 aromatic rings. The third-order valence-corrected chi connectivity index (χ3v) is 6.14. The van der Waals surface area contributed by atoms with E-state index in [1.165, 1.54) is 0 Å². The number of likely N-dealkylation sites (tertiary alicyclic amines) is 1. The van der Waals surface area contributed by atoms with E-state index in [-0.39, 0.29) is 28.7 Å². The van der Waals surface area contributed by atoms with E-state index in [0.717, 1.165) is 43.4 Å². The predicted octanol–water partition coefficient (Wildman–Crippen LogP) is 1.01. The Balaban J connectivity index is 1.67. The molecule has 1 aromatic heterocycles. The van der Waals surface area contributed by atoms with E-state index < -0.39 is 6.10 Å². The predicted molar refractivity (Wildman–Crippen MR) is 88.1 cm³/mol. The first kappa shape index (κ1) is 15.8. The van der Waals surface area contributed by atoms with Crippen molar-refractivity contribution in [3.8, 4) is 0 Å². The van der Waals surface area contributed by atoms with Crippen molar-refractivity contribution in [1.29, 1.82) is 0 Å². The van der Waals surface area contributed by atoms with Gasteiger partial charge in [0.05, 0.1) is 17.7 Å². The number of nitrogens with one attached hydrogen (secondary N) is 1. The lowest BCUT2D eigenvalue weighted by atomic mass is 9.79. The first-order valence-electron chi connectivity index (χ1n) is 8.83. The van der Waals surface area contributed by atoms with Gasteiger partial charge < -0.3 is 19.7 Å². The molecule has 1 saturated carbocycles. The highest BCUT2D eigenvalue weighted by molar-refractivity contribution is 5.94. The molecule has 0 aromatic carbocycles. The number of aryl methyl sites for hydroxylation is 2. The Bertz CT molecular complexity index is 728. The molecule has 2 heterocycles. The minimum absolute atomic E-state index is 0.161. The summed E-state index contributed by atoms with van der Waals surface area (Å²) in [7, 11) is 1.68. The van der Waals surface area contributed by atoms with Gasteiger partial charge in [-0.25, -0.2) is 0 Å². The van der Waals surface area contributed by atoms with Gasteiger partial charge in [-0.2, -0.15) is 0 Å². The Kier molecular flexibility index (Phi) is 3.77. The fourth-order valence-electron chi connectivity index (χ4n) is 4.75. The summed E-state index contributed by atoms with van der Waals surface area (Å²) >= 11 is 0. The number of rotatable bonds is 2.